The summed E-state index contributed by atoms with van der Waals surface area (Å²) in [4.78, 5) is 4.29. The molecule has 0 saturated heterocycles. The van der Waals surface area contributed by atoms with Gasteiger partial charge < -0.3 is 5.73 Å². The molecule has 0 aliphatic heterocycles. The van der Waals surface area contributed by atoms with Gasteiger partial charge in [0.05, 0.1) is 5.01 Å². The van der Waals surface area contributed by atoms with Crippen LogP contribution in [0.4, 0.5) is 0 Å². The maximum absolute atomic E-state index is 6.20. The molecule has 78 valence electrons. The molecule has 3 unspecified atom stereocenters. The third-order valence-corrected chi connectivity index (χ3v) is 4.04. The summed E-state index contributed by atoms with van der Waals surface area (Å²) in [6, 6.07) is 0.325. The summed E-state index contributed by atoms with van der Waals surface area (Å²) in [7, 11) is 0. The maximum Gasteiger partial charge on any atom is 0.0940 e. The Morgan fingerprint density at radius 1 is 1.64 bits per heavy atom. The fourth-order valence-corrected chi connectivity index (χ4v) is 3.05. The quantitative estimate of drug-likeness (QED) is 0.832. The molecule has 0 aromatic carbocycles. The Morgan fingerprint density at radius 2 is 2.50 bits per heavy atom. The van der Waals surface area contributed by atoms with E-state index in [9.17, 15) is 0 Å². The van der Waals surface area contributed by atoms with E-state index in [-0.39, 0.29) is 0 Å². The van der Waals surface area contributed by atoms with E-state index >= 15 is 0 Å². The zero-order valence-corrected chi connectivity index (χ0v) is 9.46. The Hall–Kier alpha value is -0.410. The van der Waals surface area contributed by atoms with E-state index in [1.807, 2.05) is 11.6 Å². The minimum atomic E-state index is 0.325. The van der Waals surface area contributed by atoms with Crippen molar-refractivity contribution in [2.45, 2.75) is 38.6 Å². The summed E-state index contributed by atoms with van der Waals surface area (Å²) in [6.45, 7) is 2.33. The number of nitrogens with zero attached hydrogens (tertiary/aromatic N) is 1. The maximum atomic E-state index is 6.20. The average Bonchev–Trinajstić information content (AvgIpc) is 2.75. The third kappa shape index (κ3) is 2.34. The zero-order valence-electron chi connectivity index (χ0n) is 8.65. The molecule has 1 aliphatic rings. The largest absolute Gasteiger partial charge is 0.327 e. The lowest BCUT2D eigenvalue weighted by Crippen LogP contribution is -2.30. The Bertz CT molecular complexity index is 271. The van der Waals surface area contributed by atoms with Crippen LogP contribution in [0.5, 0.6) is 0 Å². The van der Waals surface area contributed by atoms with Gasteiger partial charge in [0, 0.05) is 24.0 Å². The van der Waals surface area contributed by atoms with Gasteiger partial charge in [0.2, 0.25) is 0 Å². The van der Waals surface area contributed by atoms with Crippen LogP contribution < -0.4 is 5.73 Å². The van der Waals surface area contributed by atoms with E-state index in [4.69, 9.17) is 5.73 Å². The van der Waals surface area contributed by atoms with Crippen molar-refractivity contribution in [2.75, 3.05) is 0 Å². The van der Waals surface area contributed by atoms with Gasteiger partial charge in [-0.25, -0.2) is 4.98 Å². The van der Waals surface area contributed by atoms with Crippen LogP contribution in [0.25, 0.3) is 0 Å². The van der Waals surface area contributed by atoms with Crippen LogP contribution in [-0.4, -0.2) is 11.0 Å². The predicted octanol–water partition coefficient (Wildman–Crippen LogP) is 2.45. The molecule has 0 bridgehead atoms. The second-order valence-electron chi connectivity index (χ2n) is 4.47. The summed E-state index contributed by atoms with van der Waals surface area (Å²) in [6.07, 6.45) is 6.82. The van der Waals surface area contributed by atoms with Crippen molar-refractivity contribution >= 4 is 11.3 Å². The molecule has 0 radical (unpaired) electrons. The molecule has 1 fully saturated rings. The van der Waals surface area contributed by atoms with Gasteiger partial charge in [-0.3, -0.25) is 0 Å². The lowest BCUT2D eigenvalue weighted by Gasteiger charge is -2.17. The SMILES string of the molecule is CC1CCC(C(N)Cc2nccs2)C1. The van der Waals surface area contributed by atoms with E-state index in [1.165, 1.54) is 24.3 Å². The van der Waals surface area contributed by atoms with Crippen molar-refractivity contribution in [2.24, 2.45) is 17.6 Å². The minimum absolute atomic E-state index is 0.325. The van der Waals surface area contributed by atoms with Gasteiger partial charge in [-0.2, -0.15) is 0 Å². The van der Waals surface area contributed by atoms with Crippen molar-refractivity contribution in [3.05, 3.63) is 16.6 Å². The highest BCUT2D eigenvalue weighted by Gasteiger charge is 2.26. The monoisotopic (exact) mass is 210 g/mol. The van der Waals surface area contributed by atoms with Gasteiger partial charge >= 0.3 is 0 Å². The van der Waals surface area contributed by atoms with Crippen molar-refractivity contribution in [1.29, 1.82) is 0 Å². The summed E-state index contributed by atoms with van der Waals surface area (Å²) in [5.74, 6) is 1.61. The molecule has 1 aromatic rings. The van der Waals surface area contributed by atoms with Gasteiger partial charge in [0.1, 0.15) is 0 Å². The summed E-state index contributed by atoms with van der Waals surface area (Å²) < 4.78 is 0. The Kier molecular flexibility index (Phi) is 3.19. The Labute approximate surface area is 89.5 Å². The molecule has 1 aromatic heterocycles. The summed E-state index contributed by atoms with van der Waals surface area (Å²) >= 11 is 1.72. The van der Waals surface area contributed by atoms with Crippen LogP contribution in [0.2, 0.25) is 0 Å². The summed E-state index contributed by atoms with van der Waals surface area (Å²) in [5.41, 5.74) is 6.20. The zero-order chi connectivity index (χ0) is 9.97. The molecule has 1 saturated carbocycles. The third-order valence-electron chi connectivity index (χ3n) is 3.23. The normalized spacial score (nSPS) is 29.3. The number of hydrogen-bond acceptors (Lipinski definition) is 3. The van der Waals surface area contributed by atoms with Gasteiger partial charge in [-0.15, -0.1) is 11.3 Å². The molecule has 0 amide bonds. The number of thiazole rings is 1. The van der Waals surface area contributed by atoms with Crippen LogP contribution in [-0.2, 0) is 6.42 Å². The van der Waals surface area contributed by atoms with Crippen LogP contribution >= 0.6 is 11.3 Å². The van der Waals surface area contributed by atoms with E-state index in [0.717, 1.165) is 18.3 Å². The van der Waals surface area contributed by atoms with Crippen molar-refractivity contribution < 1.29 is 0 Å². The molecule has 2 nitrogen and oxygen atoms in total. The fourth-order valence-electron chi connectivity index (χ4n) is 2.36. The van der Waals surface area contributed by atoms with Gasteiger partial charge in [0.25, 0.3) is 0 Å². The van der Waals surface area contributed by atoms with Crippen LogP contribution in [0, 0.1) is 11.8 Å². The molecule has 14 heavy (non-hydrogen) atoms. The lowest BCUT2D eigenvalue weighted by molar-refractivity contribution is 0.415. The molecular formula is C11H18N2S. The molecule has 0 spiro atoms. The van der Waals surface area contributed by atoms with E-state index in [2.05, 4.69) is 11.9 Å². The second kappa shape index (κ2) is 4.41. The van der Waals surface area contributed by atoms with E-state index in [1.54, 1.807) is 11.3 Å². The molecular weight excluding hydrogens is 192 g/mol. The minimum Gasteiger partial charge on any atom is -0.327 e. The molecule has 2 rings (SSSR count). The molecule has 1 heterocycles. The highest BCUT2D eigenvalue weighted by molar-refractivity contribution is 7.09. The molecule has 2 N–H and O–H groups in total. The fraction of sp³-hybridized carbons (Fsp3) is 0.727. The average molecular weight is 210 g/mol. The topological polar surface area (TPSA) is 38.9 Å². The van der Waals surface area contributed by atoms with Gasteiger partial charge in [0.15, 0.2) is 0 Å². The molecule has 3 heteroatoms. The smallest absolute Gasteiger partial charge is 0.0940 e. The van der Waals surface area contributed by atoms with Crippen LogP contribution in [0.3, 0.4) is 0 Å². The first-order chi connectivity index (χ1) is 6.75. The van der Waals surface area contributed by atoms with Crippen molar-refractivity contribution in [3.8, 4) is 0 Å². The second-order valence-corrected chi connectivity index (χ2v) is 5.45. The first kappa shape index (κ1) is 10.1. The van der Waals surface area contributed by atoms with Crippen molar-refractivity contribution in [3.63, 3.8) is 0 Å². The van der Waals surface area contributed by atoms with E-state index < -0.39 is 0 Å². The summed E-state index contributed by atoms with van der Waals surface area (Å²) in [5, 5.41) is 3.22. The predicted molar refractivity (Wildman–Crippen MR) is 60.3 cm³/mol. The number of rotatable bonds is 3. The van der Waals surface area contributed by atoms with Crippen LogP contribution in [0.1, 0.15) is 31.2 Å². The first-order valence-corrected chi connectivity index (χ1v) is 6.27. The van der Waals surface area contributed by atoms with E-state index in [0.29, 0.717) is 6.04 Å². The van der Waals surface area contributed by atoms with Gasteiger partial charge in [-0.05, 0) is 24.7 Å². The standard InChI is InChI=1S/C11H18N2S/c1-8-2-3-9(6-8)10(12)7-11-13-4-5-14-11/h4-5,8-10H,2-3,6-7,12H2,1H3. The van der Waals surface area contributed by atoms with Gasteiger partial charge in [-0.1, -0.05) is 13.3 Å². The Morgan fingerprint density at radius 3 is 3.07 bits per heavy atom. The first-order valence-electron chi connectivity index (χ1n) is 5.39. The van der Waals surface area contributed by atoms with Crippen LogP contribution in [0.15, 0.2) is 11.6 Å². The van der Waals surface area contributed by atoms with Crippen molar-refractivity contribution in [1.82, 2.24) is 4.98 Å². The number of hydrogen-bond donors (Lipinski definition) is 1. The number of nitrogens with two attached hydrogens (primary N) is 1. The molecule has 1 aliphatic carbocycles. The molecule has 3 atom stereocenters. The Balaban J connectivity index is 1.87. The highest BCUT2D eigenvalue weighted by atomic mass is 32.1. The lowest BCUT2D eigenvalue weighted by atomic mass is 9.95. The number of aromatic nitrogens is 1. The highest BCUT2D eigenvalue weighted by Crippen LogP contribution is 2.32.